The van der Waals surface area contributed by atoms with Gasteiger partial charge in [0.1, 0.15) is 0 Å². The van der Waals surface area contributed by atoms with Crippen LogP contribution in [0.1, 0.15) is 32.1 Å². The Morgan fingerprint density at radius 2 is 2.00 bits per heavy atom. The highest BCUT2D eigenvalue weighted by atomic mass is 32.2. The van der Waals surface area contributed by atoms with Crippen LogP contribution in [0.25, 0.3) is 0 Å². The largest absolute Gasteiger partial charge is 0.354 e. The van der Waals surface area contributed by atoms with E-state index >= 15 is 0 Å². The molecule has 2 aliphatic rings. The van der Waals surface area contributed by atoms with Gasteiger partial charge in [0.25, 0.3) is 0 Å². The van der Waals surface area contributed by atoms with Gasteiger partial charge in [0, 0.05) is 22.1 Å². The molecule has 96 valence electrons. The van der Waals surface area contributed by atoms with Gasteiger partial charge in [0.15, 0.2) is 0 Å². The average molecular weight is 261 g/mol. The summed E-state index contributed by atoms with van der Waals surface area (Å²) in [6.45, 7) is 0.835. The standard InChI is InChI=1S/C15H19NOS/c17-14(12-5-4-6-12)16-11-15(9-10-15)18-13-7-2-1-3-8-13/h1-3,7-8,12H,4-6,9-11H2,(H,16,17). The first kappa shape index (κ1) is 12.1. The molecule has 2 fully saturated rings. The molecule has 3 rings (SSSR count). The van der Waals surface area contributed by atoms with Crippen LogP contribution in [0.5, 0.6) is 0 Å². The molecule has 0 radical (unpaired) electrons. The first-order valence-electron chi connectivity index (χ1n) is 6.79. The van der Waals surface area contributed by atoms with E-state index in [0.29, 0.717) is 5.92 Å². The summed E-state index contributed by atoms with van der Waals surface area (Å²) >= 11 is 1.92. The van der Waals surface area contributed by atoms with Crippen LogP contribution in [0, 0.1) is 5.92 Å². The van der Waals surface area contributed by atoms with E-state index in [1.54, 1.807) is 0 Å². The molecule has 0 atom stereocenters. The number of hydrogen-bond acceptors (Lipinski definition) is 2. The summed E-state index contributed by atoms with van der Waals surface area (Å²) in [5, 5.41) is 3.15. The Bertz CT molecular complexity index is 423. The Hall–Kier alpha value is -0.960. The molecule has 1 aromatic carbocycles. The van der Waals surface area contributed by atoms with Crippen LogP contribution >= 0.6 is 11.8 Å². The fourth-order valence-electron chi connectivity index (χ4n) is 2.26. The smallest absolute Gasteiger partial charge is 0.223 e. The molecule has 1 N–H and O–H groups in total. The molecule has 2 nitrogen and oxygen atoms in total. The van der Waals surface area contributed by atoms with Gasteiger partial charge in [-0.3, -0.25) is 4.79 Å². The quantitative estimate of drug-likeness (QED) is 0.881. The average Bonchev–Trinajstić information content (AvgIpc) is 3.06. The van der Waals surface area contributed by atoms with Crippen LogP contribution in [0.3, 0.4) is 0 Å². The van der Waals surface area contributed by atoms with E-state index < -0.39 is 0 Å². The molecule has 0 unspecified atom stereocenters. The number of carbonyl (C=O) groups is 1. The van der Waals surface area contributed by atoms with E-state index in [2.05, 4.69) is 29.6 Å². The molecule has 2 saturated carbocycles. The van der Waals surface area contributed by atoms with Crippen molar-refractivity contribution in [1.82, 2.24) is 5.32 Å². The zero-order valence-corrected chi connectivity index (χ0v) is 11.3. The number of benzene rings is 1. The van der Waals surface area contributed by atoms with Gasteiger partial charge in [0.05, 0.1) is 0 Å². The van der Waals surface area contributed by atoms with Gasteiger partial charge >= 0.3 is 0 Å². The van der Waals surface area contributed by atoms with Crippen molar-refractivity contribution in [3.8, 4) is 0 Å². The van der Waals surface area contributed by atoms with Crippen LogP contribution in [-0.2, 0) is 4.79 Å². The molecule has 0 aromatic heterocycles. The molecule has 3 heteroatoms. The highest BCUT2D eigenvalue weighted by molar-refractivity contribution is 8.01. The van der Waals surface area contributed by atoms with Crippen molar-refractivity contribution in [2.75, 3.05) is 6.54 Å². The van der Waals surface area contributed by atoms with Crippen molar-refractivity contribution in [2.24, 2.45) is 5.92 Å². The summed E-state index contributed by atoms with van der Waals surface area (Å²) < 4.78 is 0.279. The highest BCUT2D eigenvalue weighted by Crippen LogP contribution is 2.51. The normalized spacial score (nSPS) is 21.1. The third-order valence-electron chi connectivity index (χ3n) is 3.95. The van der Waals surface area contributed by atoms with Gasteiger partial charge in [-0.25, -0.2) is 0 Å². The van der Waals surface area contributed by atoms with Crippen molar-refractivity contribution in [3.05, 3.63) is 30.3 Å². The first-order chi connectivity index (χ1) is 8.77. The topological polar surface area (TPSA) is 29.1 Å². The van der Waals surface area contributed by atoms with E-state index in [-0.39, 0.29) is 10.7 Å². The Labute approximate surface area is 113 Å². The van der Waals surface area contributed by atoms with Gasteiger partial charge in [-0.2, -0.15) is 0 Å². The van der Waals surface area contributed by atoms with Crippen LogP contribution in [0.2, 0.25) is 0 Å². The second-order valence-electron chi connectivity index (χ2n) is 5.44. The molecule has 0 bridgehead atoms. The molecule has 18 heavy (non-hydrogen) atoms. The van der Waals surface area contributed by atoms with Gasteiger partial charge in [-0.15, -0.1) is 11.8 Å². The third kappa shape index (κ3) is 2.72. The monoisotopic (exact) mass is 261 g/mol. The summed E-state index contributed by atoms with van der Waals surface area (Å²) in [5.74, 6) is 0.587. The van der Waals surface area contributed by atoms with Crippen molar-refractivity contribution in [2.45, 2.75) is 41.7 Å². The maximum Gasteiger partial charge on any atom is 0.223 e. The lowest BCUT2D eigenvalue weighted by molar-refractivity contribution is -0.127. The van der Waals surface area contributed by atoms with Crippen LogP contribution in [-0.4, -0.2) is 17.2 Å². The van der Waals surface area contributed by atoms with Gasteiger partial charge in [0.2, 0.25) is 5.91 Å². The third-order valence-corrected chi connectivity index (χ3v) is 5.44. The summed E-state index contributed by atoms with van der Waals surface area (Å²) in [5.41, 5.74) is 0. The first-order valence-corrected chi connectivity index (χ1v) is 7.61. The second kappa shape index (κ2) is 4.96. The van der Waals surface area contributed by atoms with E-state index in [0.717, 1.165) is 19.4 Å². The van der Waals surface area contributed by atoms with Gasteiger partial charge in [-0.1, -0.05) is 24.6 Å². The van der Waals surface area contributed by atoms with Crippen LogP contribution < -0.4 is 5.32 Å². The highest BCUT2D eigenvalue weighted by Gasteiger charge is 2.44. The van der Waals surface area contributed by atoms with Gasteiger partial charge in [-0.05, 0) is 37.8 Å². The predicted molar refractivity (Wildman–Crippen MR) is 74.6 cm³/mol. The van der Waals surface area contributed by atoms with Crippen molar-refractivity contribution >= 4 is 17.7 Å². The Morgan fingerprint density at radius 1 is 1.28 bits per heavy atom. The molecule has 0 aliphatic heterocycles. The fraction of sp³-hybridized carbons (Fsp3) is 0.533. The predicted octanol–water partition coefficient (Wildman–Crippen LogP) is 3.23. The van der Waals surface area contributed by atoms with Crippen molar-refractivity contribution in [3.63, 3.8) is 0 Å². The maximum absolute atomic E-state index is 11.8. The summed E-state index contributed by atoms with van der Waals surface area (Å²) in [7, 11) is 0. The van der Waals surface area contributed by atoms with E-state index in [9.17, 15) is 4.79 Å². The summed E-state index contributed by atoms with van der Waals surface area (Å²) in [6.07, 6.45) is 5.84. The number of rotatable bonds is 5. The SMILES string of the molecule is O=C(NCC1(Sc2ccccc2)CC1)C1CCC1. The van der Waals surface area contributed by atoms with Gasteiger partial charge < -0.3 is 5.32 Å². The Balaban J connectivity index is 1.51. The van der Waals surface area contributed by atoms with Crippen molar-refractivity contribution < 1.29 is 4.79 Å². The molecule has 0 saturated heterocycles. The number of nitrogens with one attached hydrogen (secondary N) is 1. The molecule has 0 heterocycles. The Kier molecular flexibility index (Phi) is 3.33. The zero-order chi connectivity index (χ0) is 12.4. The molecular weight excluding hydrogens is 242 g/mol. The summed E-state index contributed by atoms with van der Waals surface area (Å²) in [6, 6.07) is 10.5. The van der Waals surface area contributed by atoms with Crippen LogP contribution in [0.4, 0.5) is 0 Å². The lowest BCUT2D eigenvalue weighted by Gasteiger charge is -2.25. The molecular formula is C15H19NOS. The lowest BCUT2D eigenvalue weighted by Crippen LogP contribution is -2.38. The number of amides is 1. The number of carbonyl (C=O) groups excluding carboxylic acids is 1. The fourth-order valence-corrected chi connectivity index (χ4v) is 3.50. The number of hydrogen-bond donors (Lipinski definition) is 1. The van der Waals surface area contributed by atoms with E-state index in [4.69, 9.17) is 0 Å². The van der Waals surface area contributed by atoms with E-state index in [1.807, 2.05) is 17.8 Å². The minimum atomic E-state index is 0.279. The Morgan fingerprint density at radius 3 is 2.56 bits per heavy atom. The molecule has 2 aliphatic carbocycles. The zero-order valence-electron chi connectivity index (χ0n) is 10.5. The minimum absolute atomic E-state index is 0.279. The maximum atomic E-state index is 11.8. The second-order valence-corrected chi connectivity index (χ2v) is 6.99. The molecule has 1 aromatic rings. The lowest BCUT2D eigenvalue weighted by atomic mass is 9.85. The summed E-state index contributed by atoms with van der Waals surface area (Å²) in [4.78, 5) is 13.1. The minimum Gasteiger partial charge on any atom is -0.354 e. The van der Waals surface area contributed by atoms with Crippen LogP contribution in [0.15, 0.2) is 35.2 Å². The van der Waals surface area contributed by atoms with Crippen molar-refractivity contribution in [1.29, 1.82) is 0 Å². The number of thioether (sulfide) groups is 1. The molecule has 1 amide bonds. The van der Waals surface area contributed by atoms with E-state index in [1.165, 1.54) is 24.2 Å². The molecule has 0 spiro atoms.